The number of benzene rings is 16. The highest BCUT2D eigenvalue weighted by molar-refractivity contribution is 6.17. The summed E-state index contributed by atoms with van der Waals surface area (Å²) in [5.74, 6) is 0. The number of hydrogen-bond donors (Lipinski definition) is 0. The van der Waals surface area contributed by atoms with E-state index in [-0.39, 0.29) is 0 Å². The topological polar surface area (TPSA) is 0 Å². The molecule has 93 heavy (non-hydrogen) atoms. The van der Waals surface area contributed by atoms with Crippen LogP contribution in [0.1, 0.15) is 22.3 Å². The third-order valence-electron chi connectivity index (χ3n) is 20.2. The van der Waals surface area contributed by atoms with Gasteiger partial charge in [-0.3, -0.25) is 0 Å². The minimum Gasteiger partial charge on any atom is -0.309 e. The van der Waals surface area contributed by atoms with Gasteiger partial charge in [0.05, 0.1) is 0 Å². The molecule has 16 aromatic rings. The first-order valence-corrected chi connectivity index (χ1v) is 32.7. The first-order valence-electron chi connectivity index (χ1n) is 32.7. The van der Waals surface area contributed by atoms with Crippen LogP contribution in [0.5, 0.6) is 0 Å². The van der Waals surface area contributed by atoms with E-state index in [4.69, 9.17) is 0 Å². The molecule has 0 saturated heterocycles. The van der Waals surface area contributed by atoms with Crippen molar-refractivity contribution < 1.29 is 4.48 Å². The van der Waals surface area contributed by atoms with Crippen LogP contribution in [0.4, 0.5) is 0 Å². The average Bonchev–Trinajstić information content (AvgIpc) is 1.63. The van der Waals surface area contributed by atoms with Crippen molar-refractivity contribution in [3.8, 4) is 111 Å². The summed E-state index contributed by atoms with van der Waals surface area (Å²) in [5, 5.41) is 10.2. The summed E-state index contributed by atoms with van der Waals surface area (Å²) in [5.41, 5.74) is 30.4. The van der Waals surface area contributed by atoms with Gasteiger partial charge in [0.1, 0.15) is 26.2 Å². The monoisotopic (exact) mass is 1180 g/mol. The second-order valence-electron chi connectivity index (χ2n) is 25.8. The summed E-state index contributed by atoms with van der Waals surface area (Å²) in [6.45, 7) is 3.17. The molecule has 1 nitrogen and oxygen atoms in total. The zero-order valence-electron chi connectivity index (χ0n) is 51.6. The summed E-state index contributed by atoms with van der Waals surface area (Å²) < 4.78 is 0.757. The Hall–Kier alpha value is -11.5. The highest BCUT2D eigenvalue weighted by Crippen LogP contribution is 2.55. The Morgan fingerprint density at radius 3 is 0.527 bits per heavy atom. The highest BCUT2D eigenvalue weighted by atomic mass is 15.4. The maximum atomic E-state index is 2.63. The van der Waals surface area contributed by atoms with Gasteiger partial charge >= 0.3 is 0 Å². The molecule has 0 radical (unpaired) electrons. The van der Waals surface area contributed by atoms with E-state index in [9.17, 15) is 0 Å². The molecule has 18 rings (SSSR count). The molecule has 2 heterocycles. The molecule has 0 saturated carbocycles. The van der Waals surface area contributed by atoms with Gasteiger partial charge in [-0.25, -0.2) is 0 Å². The van der Waals surface area contributed by atoms with Gasteiger partial charge < -0.3 is 4.48 Å². The second kappa shape index (κ2) is 22.5. The Bertz CT molecular complexity index is 4850. The molecule has 1 heteroatoms. The minimum atomic E-state index is 0.757. The van der Waals surface area contributed by atoms with Crippen LogP contribution < -0.4 is 0 Å². The lowest BCUT2D eigenvalue weighted by molar-refractivity contribution is -0.977. The first-order chi connectivity index (χ1) is 46.0. The SMILES string of the molecule is c1ccc(-c2ccc3c4c(cc(-c5ccccc5)c3c2)C[N+]2(Cc3cc(-c5ccccc5)c5cc(-c6ccccc6)ccc5c3-4)Cc3cc(-c4ccccc4)c4cc(-c5ccccc5)ccc4c3-c3c(cc(-c4ccccc4)c4cc(-c5ccccc5)ccc34)C2)cc1. The summed E-state index contributed by atoms with van der Waals surface area (Å²) in [7, 11) is 0. The zero-order chi connectivity index (χ0) is 61.4. The van der Waals surface area contributed by atoms with Crippen molar-refractivity contribution in [1.82, 2.24) is 0 Å². The molecular weight excluding hydrogens is 1120 g/mol. The van der Waals surface area contributed by atoms with Crippen molar-refractivity contribution in [2.45, 2.75) is 26.2 Å². The predicted octanol–water partition coefficient (Wildman–Crippen LogP) is 24.5. The number of rotatable bonds is 8. The van der Waals surface area contributed by atoms with Crippen molar-refractivity contribution in [1.29, 1.82) is 0 Å². The molecule has 2 aliphatic heterocycles. The molecule has 0 aromatic heterocycles. The normalized spacial score (nSPS) is 13.1. The Balaban J connectivity index is 0.983. The maximum Gasteiger partial charge on any atom is 0.106 e. The van der Waals surface area contributed by atoms with Crippen LogP contribution >= 0.6 is 0 Å². The third kappa shape index (κ3) is 9.51. The smallest absolute Gasteiger partial charge is 0.106 e. The molecule has 436 valence electrons. The fourth-order valence-corrected chi connectivity index (χ4v) is 16.1. The van der Waals surface area contributed by atoms with Crippen LogP contribution in [0, 0.1) is 0 Å². The lowest BCUT2D eigenvalue weighted by Gasteiger charge is -2.38. The van der Waals surface area contributed by atoms with Gasteiger partial charge in [0.15, 0.2) is 0 Å². The van der Waals surface area contributed by atoms with Crippen LogP contribution in [0.15, 0.2) is 340 Å². The van der Waals surface area contributed by atoms with Crippen molar-refractivity contribution in [3.63, 3.8) is 0 Å². The third-order valence-corrected chi connectivity index (χ3v) is 20.2. The van der Waals surface area contributed by atoms with E-state index >= 15 is 0 Å². The van der Waals surface area contributed by atoms with Gasteiger partial charge in [-0.15, -0.1) is 0 Å². The van der Waals surface area contributed by atoms with E-state index in [2.05, 4.69) is 340 Å². The van der Waals surface area contributed by atoms with E-state index < -0.39 is 0 Å². The fourth-order valence-electron chi connectivity index (χ4n) is 16.1. The number of quaternary nitrogens is 1. The summed E-state index contributed by atoms with van der Waals surface area (Å²) in [6, 6.07) is 128. The zero-order valence-corrected chi connectivity index (χ0v) is 51.6. The van der Waals surface area contributed by atoms with Gasteiger partial charge in [0.2, 0.25) is 0 Å². The molecule has 0 aliphatic carbocycles. The lowest BCUT2D eigenvalue weighted by Crippen LogP contribution is -2.44. The molecule has 2 aliphatic rings. The fraction of sp³-hybridized carbons (Fsp3) is 0.0435. The Morgan fingerprint density at radius 1 is 0.151 bits per heavy atom. The molecule has 1 spiro atoms. The molecule has 0 bridgehead atoms. The lowest BCUT2D eigenvalue weighted by atomic mass is 9.82. The van der Waals surface area contributed by atoms with E-state index in [0.29, 0.717) is 0 Å². The molecule has 16 aromatic carbocycles. The van der Waals surface area contributed by atoms with Crippen LogP contribution in [-0.4, -0.2) is 4.48 Å². The quantitative estimate of drug-likeness (QED) is 0.133. The van der Waals surface area contributed by atoms with Crippen LogP contribution in [-0.2, 0) is 26.2 Å². The van der Waals surface area contributed by atoms with Gasteiger partial charge in [-0.2, -0.15) is 0 Å². The number of nitrogens with zero attached hydrogens (tertiary/aromatic N) is 1. The summed E-state index contributed by atoms with van der Waals surface area (Å²) in [4.78, 5) is 0. The van der Waals surface area contributed by atoms with E-state index in [1.54, 1.807) is 0 Å². The average molecular weight is 1180 g/mol. The molecule has 0 unspecified atom stereocenters. The standard InChI is InChI=1S/C92H64N/c1-9-25-61(26-10-1)69-41-45-77-85(49-69)81(65-33-17-5-18-34-65)53-73-57-93(58-74-54-82(66-35-19-6-20-36-66)86-50-70(62-27-11-2-12-28-62)42-46-78(86)90(74)89(73)77)59-75-55-83(67-37-21-7-22-38-67)87-51-71(63-29-13-3-14-30-63)43-47-79(87)91(75)92-76(60-93)56-84(68-39-23-8-24-40-68)88-52-72(44-48-80(88)92)64-31-15-4-16-32-64/h1-56H,57-60H2/q+1. The van der Waals surface area contributed by atoms with E-state index in [0.717, 1.165) is 30.7 Å². The van der Waals surface area contributed by atoms with Crippen molar-refractivity contribution in [2.75, 3.05) is 0 Å². The predicted molar refractivity (Wildman–Crippen MR) is 392 cm³/mol. The second-order valence-corrected chi connectivity index (χ2v) is 25.8. The Kier molecular flexibility index (Phi) is 13.2. The molecule has 0 fully saturated rings. The van der Waals surface area contributed by atoms with Crippen LogP contribution in [0.3, 0.4) is 0 Å². The van der Waals surface area contributed by atoms with E-state index in [1.165, 1.54) is 177 Å². The van der Waals surface area contributed by atoms with Crippen molar-refractivity contribution in [3.05, 3.63) is 362 Å². The molecule has 0 atom stereocenters. The molecular formula is C92H64N+. The molecule has 0 N–H and O–H groups in total. The number of hydrogen-bond acceptors (Lipinski definition) is 0. The Morgan fingerprint density at radius 2 is 0.333 bits per heavy atom. The van der Waals surface area contributed by atoms with E-state index in [1.807, 2.05) is 0 Å². The maximum absolute atomic E-state index is 2.63. The highest BCUT2D eigenvalue weighted by Gasteiger charge is 2.41. The molecule has 0 amide bonds. The van der Waals surface area contributed by atoms with Crippen LogP contribution in [0.25, 0.3) is 154 Å². The Labute approximate surface area is 543 Å². The van der Waals surface area contributed by atoms with Crippen molar-refractivity contribution in [2.24, 2.45) is 0 Å². The van der Waals surface area contributed by atoms with Gasteiger partial charge in [0, 0.05) is 22.3 Å². The van der Waals surface area contributed by atoms with Crippen molar-refractivity contribution >= 4 is 43.1 Å². The van der Waals surface area contributed by atoms with Gasteiger partial charge in [-0.1, -0.05) is 291 Å². The van der Waals surface area contributed by atoms with Crippen LogP contribution in [0.2, 0.25) is 0 Å². The summed E-state index contributed by atoms with van der Waals surface area (Å²) in [6.07, 6.45) is 0. The van der Waals surface area contributed by atoms with Gasteiger partial charge in [-0.05, 0) is 203 Å². The van der Waals surface area contributed by atoms with Gasteiger partial charge in [0.25, 0.3) is 0 Å². The minimum absolute atomic E-state index is 0.757. The first kappa shape index (κ1) is 54.5. The number of fused-ring (bicyclic) bond motifs is 14. The summed E-state index contributed by atoms with van der Waals surface area (Å²) >= 11 is 0. The largest absolute Gasteiger partial charge is 0.309 e.